The average molecular weight is 504 g/mol. The van der Waals surface area contributed by atoms with Gasteiger partial charge in [0.25, 0.3) is 0 Å². The first kappa shape index (κ1) is 41.6. The second-order valence-corrected chi connectivity index (χ2v) is 7.37. The quantitative estimate of drug-likeness (QED) is 0.0572. The van der Waals surface area contributed by atoms with Crippen LogP contribution in [0.5, 0.6) is 0 Å². The van der Waals surface area contributed by atoms with Crippen molar-refractivity contribution in [1.29, 1.82) is 5.41 Å². The second-order valence-electron chi connectivity index (χ2n) is 7.37. The van der Waals surface area contributed by atoms with Crippen LogP contribution in [0.25, 0.3) is 0 Å². The maximum absolute atomic E-state index is 10.2. The topological polar surface area (TPSA) is 315 Å². The number of aliphatic carboxylic acids is 2. The highest BCUT2D eigenvalue weighted by Crippen LogP contribution is 1.92. The van der Waals surface area contributed by atoms with Gasteiger partial charge in [0, 0.05) is 20.0 Å². The summed E-state index contributed by atoms with van der Waals surface area (Å²) in [6.07, 6.45) is 0.0212. The van der Waals surface area contributed by atoms with Gasteiger partial charge in [0.1, 0.15) is 18.7 Å². The number of hydrogen-bond donors (Lipinski definition) is 11. The highest BCUT2D eigenvalue weighted by Gasteiger charge is 2.09. The van der Waals surface area contributed by atoms with E-state index in [0.717, 1.165) is 11.0 Å². The van der Waals surface area contributed by atoms with Crippen LogP contribution in [0.15, 0.2) is 0 Å². The molecule has 15 N–H and O–H groups in total. The number of nitrogens with two attached hydrogens (primary N) is 4. The molecule has 0 saturated heterocycles. The number of nitrogens with zero attached hydrogens (tertiary/aromatic N) is 1. The van der Waals surface area contributed by atoms with Crippen LogP contribution in [0.1, 0.15) is 19.8 Å². The van der Waals surface area contributed by atoms with Crippen LogP contribution in [0, 0.1) is 5.41 Å². The summed E-state index contributed by atoms with van der Waals surface area (Å²) in [7, 11) is 6.16. The van der Waals surface area contributed by atoms with Crippen LogP contribution in [-0.2, 0) is 14.4 Å². The van der Waals surface area contributed by atoms with E-state index < -0.39 is 24.1 Å². The molecule has 16 nitrogen and oxygen atoms in total. The number of carbonyl (C=O) groups is 3. The minimum absolute atomic E-state index is 0.112. The molecule has 0 radical (unpaired) electrons. The summed E-state index contributed by atoms with van der Waals surface area (Å²) < 4.78 is 0.844. The van der Waals surface area contributed by atoms with Crippen molar-refractivity contribution in [2.45, 2.75) is 31.9 Å². The molecule has 0 aliphatic carbocycles. The fourth-order valence-electron chi connectivity index (χ4n) is 1.03. The fraction of sp³-hybridized carbons (Fsp3) is 0.778. The van der Waals surface area contributed by atoms with E-state index in [2.05, 4.69) is 37.9 Å². The summed E-state index contributed by atoms with van der Waals surface area (Å²) in [6, 6.07) is -0.821. The maximum atomic E-state index is 10.2. The maximum Gasteiger partial charge on any atom is 0.320 e. The molecule has 0 aliphatic heterocycles. The van der Waals surface area contributed by atoms with Crippen molar-refractivity contribution in [3.8, 4) is 0 Å². The van der Waals surface area contributed by atoms with Crippen molar-refractivity contribution in [1.82, 2.24) is 5.32 Å². The summed E-state index contributed by atoms with van der Waals surface area (Å²) in [4.78, 5) is 28.6. The highest BCUT2D eigenvalue weighted by molar-refractivity contribution is 5.74. The molecule has 0 rings (SSSR count). The standard InChI is InChI=1S/C6H14N4O2.C5H14NO.C3H8O3.C2H5NO2.C2H5NO/c7-4(5(11)12)2-1-3-10-6(8)9;1-6(2,3)4-5-7;4-1-3(6)2-5;3-1-2(4)5;1-2(3)4/h4H,1-3,7H2,(H,11,12)(H4,8,9,10);7H,4-5H2,1-3H3;3-6H,1-2H2;1,3H2,(H,4,5);1H3,(H2,3,4)/q;+1;;;/p-1/t4-;;;;/m0..../s1. The number of aliphatic hydroxyl groups is 4. The van der Waals surface area contributed by atoms with Gasteiger partial charge >= 0.3 is 5.97 Å². The van der Waals surface area contributed by atoms with Crippen molar-refractivity contribution in [3.05, 3.63) is 0 Å². The van der Waals surface area contributed by atoms with Crippen LogP contribution < -0.4 is 33.4 Å². The molecule has 0 aromatic rings. The second kappa shape index (κ2) is 28.4. The Labute approximate surface area is 200 Å². The van der Waals surface area contributed by atoms with Crippen molar-refractivity contribution in [2.75, 3.05) is 60.6 Å². The number of primary amides is 1. The molecule has 0 aliphatic rings. The Morgan fingerprint density at radius 3 is 1.62 bits per heavy atom. The Kier molecular flexibility index (Phi) is 34.8. The number of likely N-dealkylation sites (N-methyl/N-ethyl adjacent to an activating group) is 1. The molecule has 0 aromatic heterocycles. The molecule has 1 amide bonds. The van der Waals surface area contributed by atoms with E-state index in [1.165, 1.54) is 6.92 Å². The molecular weight excluding hydrogens is 458 g/mol. The number of aliphatic hydroxyl groups excluding tert-OH is 4. The van der Waals surface area contributed by atoms with E-state index in [1.54, 1.807) is 0 Å². The van der Waals surface area contributed by atoms with E-state index in [9.17, 15) is 9.59 Å². The van der Waals surface area contributed by atoms with Crippen molar-refractivity contribution < 1.29 is 49.5 Å². The van der Waals surface area contributed by atoms with E-state index >= 15 is 0 Å². The fourth-order valence-corrected chi connectivity index (χ4v) is 1.03. The first-order valence-electron chi connectivity index (χ1n) is 9.94. The zero-order valence-electron chi connectivity index (χ0n) is 20.4. The van der Waals surface area contributed by atoms with Gasteiger partial charge in [-0.1, -0.05) is 0 Å². The smallest absolute Gasteiger partial charge is 0.320 e. The van der Waals surface area contributed by atoms with Gasteiger partial charge in [-0.2, -0.15) is 0 Å². The van der Waals surface area contributed by atoms with E-state index in [4.69, 9.17) is 52.3 Å². The third-order valence-corrected chi connectivity index (χ3v) is 2.68. The number of carboxylic acid groups (broad SMARTS) is 2. The lowest BCUT2D eigenvalue weighted by molar-refractivity contribution is -0.870. The predicted octanol–water partition coefficient (Wildman–Crippen LogP) is -6.14. The minimum Gasteiger partial charge on any atom is -0.549 e. The number of amides is 1. The number of quaternary nitrogens is 1. The molecule has 0 spiro atoms. The molecule has 34 heavy (non-hydrogen) atoms. The molecule has 0 saturated carbocycles. The number of carbonyl (C=O) groups excluding carboxylic acids is 2. The van der Waals surface area contributed by atoms with Gasteiger partial charge in [-0.05, 0) is 12.8 Å². The molecule has 0 unspecified atom stereocenters. The van der Waals surface area contributed by atoms with Gasteiger partial charge in [0.05, 0.1) is 46.9 Å². The van der Waals surface area contributed by atoms with Crippen molar-refractivity contribution >= 4 is 23.8 Å². The average Bonchev–Trinajstić information content (AvgIpc) is 2.70. The molecule has 0 bridgehead atoms. The number of carboxylic acids is 2. The zero-order valence-corrected chi connectivity index (χ0v) is 20.4. The summed E-state index contributed by atoms with van der Waals surface area (Å²) in [5.74, 6) is -2.67. The van der Waals surface area contributed by atoms with Crippen molar-refractivity contribution in [2.24, 2.45) is 22.9 Å². The number of guanidine groups is 1. The largest absolute Gasteiger partial charge is 0.549 e. The predicted molar refractivity (Wildman–Crippen MR) is 124 cm³/mol. The summed E-state index contributed by atoms with van der Waals surface area (Å²) in [5.41, 5.74) is 19.2. The zero-order chi connectivity index (χ0) is 28.3. The summed E-state index contributed by atoms with van der Waals surface area (Å²) in [6.45, 7) is 1.78. The van der Waals surface area contributed by atoms with Gasteiger partial charge in [-0.25, -0.2) is 0 Å². The van der Waals surface area contributed by atoms with Gasteiger partial charge in [0.2, 0.25) is 5.91 Å². The lowest BCUT2D eigenvalue weighted by atomic mass is 10.2. The molecule has 0 heterocycles. The Hall–Kier alpha value is -2.60. The van der Waals surface area contributed by atoms with Gasteiger partial charge in [-0.3, -0.25) is 15.0 Å². The normalized spacial score (nSPS) is 10.3. The number of hydrogen-bond acceptors (Lipinski definition) is 11. The number of nitrogens with one attached hydrogen (secondary N) is 2. The Morgan fingerprint density at radius 2 is 1.47 bits per heavy atom. The number of rotatable bonds is 10. The van der Waals surface area contributed by atoms with Crippen LogP contribution in [-0.4, -0.2) is 127 Å². The Balaban J connectivity index is -0.000000110. The van der Waals surface area contributed by atoms with E-state index in [1.807, 2.05) is 0 Å². The van der Waals surface area contributed by atoms with Crippen molar-refractivity contribution in [3.63, 3.8) is 0 Å². The Morgan fingerprint density at radius 1 is 1.09 bits per heavy atom. The van der Waals surface area contributed by atoms with Crippen LogP contribution in [0.3, 0.4) is 0 Å². The Bertz CT molecular complexity index is 510. The van der Waals surface area contributed by atoms with E-state index in [-0.39, 0.29) is 38.2 Å². The summed E-state index contributed by atoms with van der Waals surface area (Å²) >= 11 is 0. The highest BCUT2D eigenvalue weighted by atomic mass is 16.4. The molecule has 16 heteroatoms. The minimum atomic E-state index is -1.22. The lowest BCUT2D eigenvalue weighted by Crippen LogP contribution is -2.36. The first-order valence-corrected chi connectivity index (χ1v) is 9.94. The van der Waals surface area contributed by atoms with Crippen LogP contribution in [0.4, 0.5) is 0 Å². The van der Waals surface area contributed by atoms with Crippen LogP contribution in [0.2, 0.25) is 0 Å². The third kappa shape index (κ3) is 70.0. The van der Waals surface area contributed by atoms with Gasteiger partial charge in [-0.15, -0.1) is 0 Å². The van der Waals surface area contributed by atoms with E-state index in [0.29, 0.717) is 19.4 Å². The molecule has 1 atom stereocenters. The third-order valence-electron chi connectivity index (χ3n) is 2.68. The lowest BCUT2D eigenvalue weighted by Gasteiger charge is -2.21. The van der Waals surface area contributed by atoms with Gasteiger partial charge < -0.3 is 68.2 Å². The molecule has 206 valence electrons. The monoisotopic (exact) mass is 503 g/mol. The van der Waals surface area contributed by atoms with Crippen LogP contribution >= 0.6 is 0 Å². The molecule has 0 fully saturated rings. The van der Waals surface area contributed by atoms with Gasteiger partial charge in [0.15, 0.2) is 5.96 Å². The molecule has 0 aromatic carbocycles. The molecular formula is C18H45N7O9. The summed E-state index contributed by atoms with van der Waals surface area (Å²) in [5, 5.41) is 59.2. The SMILES string of the molecule is CC(N)=O.C[N+](C)(C)CCO.N=C(N)NCCC[C@H](N)C(=O)O.NCC(=O)[O-].OCC(O)CO. The first-order chi connectivity index (χ1) is 15.4.